The van der Waals surface area contributed by atoms with Gasteiger partial charge >= 0.3 is 0 Å². The van der Waals surface area contributed by atoms with Crippen LogP contribution < -0.4 is 0 Å². The summed E-state index contributed by atoms with van der Waals surface area (Å²) in [4.78, 5) is 0. The maximum atomic E-state index is 5.38. The lowest BCUT2D eigenvalue weighted by Crippen LogP contribution is -2.18. The maximum absolute atomic E-state index is 5.38. The van der Waals surface area contributed by atoms with Crippen molar-refractivity contribution < 1.29 is 9.47 Å². The second-order valence-corrected chi connectivity index (χ2v) is 3.60. The summed E-state index contributed by atoms with van der Waals surface area (Å²) < 4.78 is 10.8. The Morgan fingerprint density at radius 3 is 2.33 bits per heavy atom. The molecule has 2 radical (unpaired) electrons. The monoisotopic (exact) mass is 186 g/mol. The van der Waals surface area contributed by atoms with Gasteiger partial charge in [0.05, 0.1) is 0 Å². The van der Waals surface area contributed by atoms with Gasteiger partial charge in [-0.25, -0.2) is 0 Å². The first-order chi connectivity index (χ1) is 5.85. The van der Waals surface area contributed by atoms with E-state index in [0.29, 0.717) is 0 Å². The van der Waals surface area contributed by atoms with Crippen molar-refractivity contribution in [2.45, 2.75) is 32.2 Å². The summed E-state index contributed by atoms with van der Waals surface area (Å²) in [5, 5.41) is 0. The van der Waals surface area contributed by atoms with Crippen LogP contribution in [0, 0.1) is 0 Å². The normalized spacial score (nSPS) is 10.6. The lowest BCUT2D eigenvalue weighted by Gasteiger charge is -2.15. The van der Waals surface area contributed by atoms with Gasteiger partial charge in [-0.2, -0.15) is 0 Å². The standard InChI is InChI=1S/C9H18O2Si/c1-4-7-12-8-9(10-5-2)11-6-3/h4,9H,1,5-8H2,2-3H3. The topological polar surface area (TPSA) is 18.5 Å². The Bertz CT molecular complexity index is 101. The van der Waals surface area contributed by atoms with Gasteiger partial charge in [0.1, 0.15) is 0 Å². The van der Waals surface area contributed by atoms with Crippen molar-refractivity contribution in [1.82, 2.24) is 0 Å². The van der Waals surface area contributed by atoms with Crippen molar-refractivity contribution in [2.24, 2.45) is 0 Å². The molecule has 0 atom stereocenters. The highest BCUT2D eigenvalue weighted by molar-refractivity contribution is 6.36. The highest BCUT2D eigenvalue weighted by atomic mass is 28.2. The van der Waals surface area contributed by atoms with Crippen LogP contribution in [-0.4, -0.2) is 29.0 Å². The molecule has 0 unspecified atom stereocenters. The third-order valence-electron chi connectivity index (χ3n) is 1.30. The molecule has 0 aliphatic carbocycles. The van der Waals surface area contributed by atoms with Crippen molar-refractivity contribution in [2.75, 3.05) is 13.2 Å². The van der Waals surface area contributed by atoms with Crippen molar-refractivity contribution in [3.63, 3.8) is 0 Å². The second-order valence-electron chi connectivity index (χ2n) is 2.29. The Hall–Kier alpha value is -0.123. The van der Waals surface area contributed by atoms with Gasteiger partial charge in [0.15, 0.2) is 6.29 Å². The molecule has 0 N–H and O–H groups in total. The lowest BCUT2D eigenvalue weighted by atomic mass is 10.7. The van der Waals surface area contributed by atoms with Crippen LogP contribution in [0.4, 0.5) is 0 Å². The Kier molecular flexibility index (Phi) is 8.88. The van der Waals surface area contributed by atoms with E-state index in [2.05, 4.69) is 6.58 Å². The minimum Gasteiger partial charge on any atom is -0.353 e. The molecule has 0 amide bonds. The molecule has 0 aliphatic heterocycles. The lowest BCUT2D eigenvalue weighted by molar-refractivity contribution is -0.123. The third kappa shape index (κ3) is 6.58. The van der Waals surface area contributed by atoms with Gasteiger partial charge in [0, 0.05) is 22.7 Å². The third-order valence-corrected chi connectivity index (χ3v) is 2.50. The number of allylic oxidation sites excluding steroid dienone is 1. The van der Waals surface area contributed by atoms with Crippen molar-refractivity contribution >= 4 is 9.52 Å². The molecule has 0 heterocycles. The number of hydrogen-bond acceptors (Lipinski definition) is 2. The molecule has 3 heteroatoms. The fraction of sp³-hybridized carbons (Fsp3) is 0.778. The number of hydrogen-bond donors (Lipinski definition) is 0. The summed E-state index contributed by atoms with van der Waals surface area (Å²) in [6, 6.07) is 2.06. The van der Waals surface area contributed by atoms with Crippen molar-refractivity contribution in [1.29, 1.82) is 0 Å². The fourth-order valence-electron chi connectivity index (χ4n) is 0.841. The second kappa shape index (κ2) is 8.97. The summed E-state index contributed by atoms with van der Waals surface area (Å²) in [6.07, 6.45) is 1.94. The SMILES string of the molecule is C=CC[Si]CC(OCC)OCC. The zero-order valence-corrected chi connectivity index (χ0v) is 9.01. The first-order valence-corrected chi connectivity index (χ1v) is 5.81. The van der Waals surface area contributed by atoms with Crippen LogP contribution in [0.1, 0.15) is 13.8 Å². The molecule has 12 heavy (non-hydrogen) atoms. The Balaban J connectivity index is 3.40. The van der Waals surface area contributed by atoms with Crippen molar-refractivity contribution in [3.05, 3.63) is 12.7 Å². The molecule has 0 rings (SSSR count). The van der Waals surface area contributed by atoms with Gasteiger partial charge in [-0.15, -0.1) is 6.58 Å². The quantitative estimate of drug-likeness (QED) is 0.250. The number of ether oxygens (including phenoxy) is 2. The molecule has 70 valence electrons. The zero-order valence-electron chi connectivity index (χ0n) is 8.01. The van der Waals surface area contributed by atoms with E-state index < -0.39 is 0 Å². The number of rotatable bonds is 8. The molecule has 2 nitrogen and oxygen atoms in total. The Morgan fingerprint density at radius 1 is 1.33 bits per heavy atom. The molecule has 0 aromatic rings. The highest BCUT2D eigenvalue weighted by Crippen LogP contribution is 2.02. The smallest absolute Gasteiger partial charge is 0.154 e. The fourth-order valence-corrected chi connectivity index (χ4v) is 1.68. The van der Waals surface area contributed by atoms with Gasteiger partial charge in [-0.05, 0) is 25.9 Å². The first-order valence-electron chi connectivity index (χ1n) is 4.39. The molecule has 0 saturated carbocycles. The van der Waals surface area contributed by atoms with Crippen LogP contribution in [-0.2, 0) is 9.47 Å². The van der Waals surface area contributed by atoms with E-state index >= 15 is 0 Å². The van der Waals surface area contributed by atoms with Gasteiger partial charge in [0.25, 0.3) is 0 Å². The van der Waals surface area contributed by atoms with Crippen LogP contribution >= 0.6 is 0 Å². The molecule has 0 bridgehead atoms. The van der Waals surface area contributed by atoms with E-state index in [1.165, 1.54) is 0 Å². The summed E-state index contributed by atoms with van der Waals surface area (Å²) in [5.41, 5.74) is 0. The average Bonchev–Trinajstić information content (AvgIpc) is 2.06. The molecule has 0 aliphatic rings. The van der Waals surface area contributed by atoms with Crippen LogP contribution in [0.2, 0.25) is 12.1 Å². The van der Waals surface area contributed by atoms with E-state index in [-0.39, 0.29) is 6.29 Å². The van der Waals surface area contributed by atoms with E-state index in [0.717, 1.165) is 34.8 Å². The molecular weight excluding hydrogens is 168 g/mol. The molecule has 0 aromatic carbocycles. The predicted molar refractivity (Wildman–Crippen MR) is 52.6 cm³/mol. The van der Waals surface area contributed by atoms with Gasteiger partial charge in [0.2, 0.25) is 0 Å². The summed E-state index contributed by atoms with van der Waals surface area (Å²) in [7, 11) is 0.864. The minimum absolute atomic E-state index is 0.00159. The molecule has 0 fully saturated rings. The van der Waals surface area contributed by atoms with E-state index in [1.54, 1.807) is 0 Å². The largest absolute Gasteiger partial charge is 0.353 e. The first kappa shape index (κ1) is 11.9. The predicted octanol–water partition coefficient (Wildman–Crippen LogP) is 2.11. The van der Waals surface area contributed by atoms with Crippen LogP contribution in [0.5, 0.6) is 0 Å². The summed E-state index contributed by atoms with van der Waals surface area (Å²) in [6.45, 7) is 9.10. The molecule has 0 saturated heterocycles. The highest BCUT2D eigenvalue weighted by Gasteiger charge is 2.06. The van der Waals surface area contributed by atoms with Crippen molar-refractivity contribution in [3.8, 4) is 0 Å². The molecule has 0 aromatic heterocycles. The van der Waals surface area contributed by atoms with E-state index in [4.69, 9.17) is 9.47 Å². The Morgan fingerprint density at radius 2 is 1.92 bits per heavy atom. The van der Waals surface area contributed by atoms with Crippen LogP contribution in [0.15, 0.2) is 12.7 Å². The minimum atomic E-state index is -0.00159. The van der Waals surface area contributed by atoms with Crippen LogP contribution in [0.3, 0.4) is 0 Å². The zero-order chi connectivity index (χ0) is 9.23. The summed E-state index contributed by atoms with van der Waals surface area (Å²) in [5.74, 6) is 0. The molecule has 0 spiro atoms. The average molecular weight is 186 g/mol. The van der Waals surface area contributed by atoms with Gasteiger partial charge < -0.3 is 9.47 Å². The molecular formula is C9H18O2Si. The van der Waals surface area contributed by atoms with E-state index in [1.807, 2.05) is 19.9 Å². The summed E-state index contributed by atoms with van der Waals surface area (Å²) >= 11 is 0. The maximum Gasteiger partial charge on any atom is 0.154 e. The van der Waals surface area contributed by atoms with E-state index in [9.17, 15) is 0 Å². The van der Waals surface area contributed by atoms with Gasteiger partial charge in [-0.3, -0.25) is 0 Å². The van der Waals surface area contributed by atoms with Crippen LogP contribution in [0.25, 0.3) is 0 Å². The Labute approximate surface area is 77.8 Å². The van der Waals surface area contributed by atoms with Gasteiger partial charge in [-0.1, -0.05) is 6.08 Å².